The lowest BCUT2D eigenvalue weighted by Gasteiger charge is -2.31. The van der Waals surface area contributed by atoms with Crippen LogP contribution in [0.4, 0.5) is 5.82 Å². The van der Waals surface area contributed by atoms with Crippen molar-refractivity contribution in [3.63, 3.8) is 0 Å². The molecule has 7 heteroatoms. The van der Waals surface area contributed by atoms with Gasteiger partial charge in [-0.2, -0.15) is 4.98 Å². The first-order valence-corrected chi connectivity index (χ1v) is 10.4. The Kier molecular flexibility index (Phi) is 6.46. The Bertz CT molecular complexity index is 830. The number of amides is 1. The van der Waals surface area contributed by atoms with Crippen molar-refractivity contribution < 1.29 is 19.0 Å². The number of anilines is 1. The molecule has 1 saturated carbocycles. The first-order chi connectivity index (χ1) is 14.2. The molecule has 2 fully saturated rings. The van der Waals surface area contributed by atoms with Crippen LogP contribution >= 0.6 is 0 Å². The maximum atomic E-state index is 11.7. The maximum Gasteiger partial charge on any atom is 0.246 e. The molecule has 2 aliphatic rings. The summed E-state index contributed by atoms with van der Waals surface area (Å²) in [6, 6.07) is 10.6. The molecule has 1 aromatic carbocycles. The second-order valence-electron chi connectivity index (χ2n) is 7.70. The van der Waals surface area contributed by atoms with Crippen LogP contribution in [0.3, 0.4) is 0 Å². The highest BCUT2D eigenvalue weighted by molar-refractivity contribution is 5.89. The largest absolute Gasteiger partial charge is 0.474 e. The van der Waals surface area contributed by atoms with E-state index in [1.54, 1.807) is 0 Å². The summed E-state index contributed by atoms with van der Waals surface area (Å²) in [5, 5.41) is 5.21. The summed E-state index contributed by atoms with van der Waals surface area (Å²) in [4.78, 5) is 18.9. The fourth-order valence-corrected chi connectivity index (χ4v) is 4.08. The number of morpholine rings is 1. The molecule has 0 atom stereocenters. The average Bonchev–Trinajstić information content (AvgIpc) is 2.76. The average molecular weight is 399 g/mol. The second kappa shape index (κ2) is 9.41. The predicted octanol–water partition coefficient (Wildman–Crippen LogP) is 2.52. The van der Waals surface area contributed by atoms with Gasteiger partial charge in [0.1, 0.15) is 18.5 Å². The van der Waals surface area contributed by atoms with Gasteiger partial charge < -0.3 is 24.4 Å². The second-order valence-corrected chi connectivity index (χ2v) is 7.70. The number of hydrogen-bond donors (Lipinski definition) is 1. The number of benzene rings is 1. The van der Waals surface area contributed by atoms with E-state index in [4.69, 9.17) is 19.2 Å². The molecule has 2 aromatic rings. The zero-order valence-corrected chi connectivity index (χ0v) is 16.9. The monoisotopic (exact) mass is 399 g/mol. The lowest BCUT2D eigenvalue weighted by Crippen LogP contribution is -2.41. The molecule has 0 spiro atoms. The van der Waals surface area contributed by atoms with Gasteiger partial charge >= 0.3 is 0 Å². The van der Waals surface area contributed by atoms with Crippen LogP contribution in [0, 0.1) is 0 Å². The minimum Gasteiger partial charge on any atom is -0.474 e. The predicted molar refractivity (Wildman–Crippen MR) is 111 cm³/mol. The van der Waals surface area contributed by atoms with Gasteiger partial charge in [0.25, 0.3) is 0 Å². The van der Waals surface area contributed by atoms with Crippen LogP contribution in [-0.2, 0) is 14.3 Å². The fraction of sp³-hybridized carbons (Fsp3) is 0.545. The zero-order chi connectivity index (χ0) is 20.1. The van der Waals surface area contributed by atoms with Gasteiger partial charge in [0, 0.05) is 31.6 Å². The maximum absolute atomic E-state index is 11.7. The molecule has 2 heterocycles. The van der Waals surface area contributed by atoms with E-state index < -0.39 is 0 Å². The van der Waals surface area contributed by atoms with E-state index in [0.29, 0.717) is 5.88 Å². The highest BCUT2D eigenvalue weighted by atomic mass is 16.5. The van der Waals surface area contributed by atoms with Gasteiger partial charge in [-0.25, -0.2) is 0 Å². The molecule has 1 amide bonds. The van der Waals surface area contributed by atoms with Gasteiger partial charge in [0.2, 0.25) is 11.8 Å². The summed E-state index contributed by atoms with van der Waals surface area (Å²) in [6.07, 6.45) is 3.72. The summed E-state index contributed by atoms with van der Waals surface area (Å²) in [5.41, 5.74) is 0. The topological polar surface area (TPSA) is 72.9 Å². The number of nitrogens with one attached hydrogen (secondary N) is 1. The van der Waals surface area contributed by atoms with E-state index >= 15 is 0 Å². The Morgan fingerprint density at radius 3 is 2.72 bits per heavy atom. The number of pyridine rings is 1. The van der Waals surface area contributed by atoms with Crippen LogP contribution in [0.25, 0.3) is 10.8 Å². The van der Waals surface area contributed by atoms with Crippen LogP contribution in [0.15, 0.2) is 30.3 Å². The van der Waals surface area contributed by atoms with Crippen molar-refractivity contribution in [2.45, 2.75) is 37.8 Å². The molecule has 4 rings (SSSR count). The molecular weight excluding hydrogens is 370 g/mol. The number of methoxy groups -OCH3 is 1. The molecule has 0 unspecified atom stereocenters. The molecular formula is C22H29N3O4. The van der Waals surface area contributed by atoms with Crippen molar-refractivity contribution in [3.05, 3.63) is 30.3 Å². The van der Waals surface area contributed by atoms with Crippen LogP contribution in [0.5, 0.6) is 5.88 Å². The third-order valence-corrected chi connectivity index (χ3v) is 5.62. The van der Waals surface area contributed by atoms with Gasteiger partial charge in [-0.15, -0.1) is 0 Å². The number of rotatable bonds is 6. The molecule has 0 bridgehead atoms. The third-order valence-electron chi connectivity index (χ3n) is 5.62. The molecule has 0 radical (unpaired) electrons. The zero-order valence-electron chi connectivity index (χ0n) is 16.9. The number of carbonyl (C=O) groups is 1. The van der Waals surface area contributed by atoms with E-state index in [0.717, 1.165) is 68.6 Å². The van der Waals surface area contributed by atoms with Gasteiger partial charge in [-0.1, -0.05) is 18.2 Å². The van der Waals surface area contributed by atoms with Crippen molar-refractivity contribution >= 4 is 22.5 Å². The summed E-state index contributed by atoms with van der Waals surface area (Å²) < 4.78 is 16.8. The Hall–Kier alpha value is -2.38. The first-order valence-electron chi connectivity index (χ1n) is 10.4. The Morgan fingerprint density at radius 2 is 1.97 bits per heavy atom. The number of carbonyl (C=O) groups excluding carboxylic acids is 1. The molecule has 1 aromatic heterocycles. The van der Waals surface area contributed by atoms with E-state index in [2.05, 4.69) is 28.4 Å². The van der Waals surface area contributed by atoms with Gasteiger partial charge in [0.15, 0.2) is 0 Å². The highest BCUT2D eigenvalue weighted by Gasteiger charge is 2.25. The molecule has 1 N–H and O–H groups in total. The lowest BCUT2D eigenvalue weighted by molar-refractivity contribution is -0.125. The Morgan fingerprint density at radius 1 is 1.21 bits per heavy atom. The molecule has 1 saturated heterocycles. The molecule has 7 nitrogen and oxygen atoms in total. The van der Waals surface area contributed by atoms with Crippen LogP contribution in [-0.4, -0.2) is 63.1 Å². The van der Waals surface area contributed by atoms with Crippen LogP contribution in [0.1, 0.15) is 25.7 Å². The van der Waals surface area contributed by atoms with E-state index in [1.807, 2.05) is 12.1 Å². The first kappa shape index (κ1) is 19.9. The highest BCUT2D eigenvalue weighted by Crippen LogP contribution is 2.31. The van der Waals surface area contributed by atoms with Crippen LogP contribution in [0.2, 0.25) is 0 Å². The Labute approximate surface area is 171 Å². The SMILES string of the molecule is COCC(=O)NC1CCC(Oc2nc(N3CCOCC3)cc3ccccc23)CC1. The lowest BCUT2D eigenvalue weighted by atomic mass is 9.93. The molecule has 29 heavy (non-hydrogen) atoms. The Balaban J connectivity index is 1.45. The van der Waals surface area contributed by atoms with E-state index in [-0.39, 0.29) is 24.7 Å². The van der Waals surface area contributed by atoms with Gasteiger partial charge in [-0.05, 0) is 43.2 Å². The quantitative estimate of drug-likeness (QED) is 0.805. The van der Waals surface area contributed by atoms with Crippen molar-refractivity contribution in [1.82, 2.24) is 10.3 Å². The van der Waals surface area contributed by atoms with Crippen molar-refractivity contribution in [2.24, 2.45) is 0 Å². The minimum atomic E-state index is -0.0530. The van der Waals surface area contributed by atoms with Crippen molar-refractivity contribution in [2.75, 3.05) is 44.9 Å². The van der Waals surface area contributed by atoms with Crippen molar-refractivity contribution in [3.8, 4) is 5.88 Å². The van der Waals surface area contributed by atoms with E-state index in [1.165, 1.54) is 7.11 Å². The van der Waals surface area contributed by atoms with E-state index in [9.17, 15) is 4.79 Å². The molecule has 1 aliphatic heterocycles. The van der Waals surface area contributed by atoms with Gasteiger partial charge in [-0.3, -0.25) is 4.79 Å². The summed E-state index contributed by atoms with van der Waals surface area (Å²) in [7, 11) is 1.53. The smallest absolute Gasteiger partial charge is 0.246 e. The third kappa shape index (κ3) is 4.97. The summed E-state index contributed by atoms with van der Waals surface area (Å²) >= 11 is 0. The number of aromatic nitrogens is 1. The number of ether oxygens (including phenoxy) is 3. The van der Waals surface area contributed by atoms with Crippen molar-refractivity contribution in [1.29, 1.82) is 0 Å². The molecule has 156 valence electrons. The number of nitrogens with zero attached hydrogens (tertiary/aromatic N) is 2. The minimum absolute atomic E-state index is 0.0530. The normalized spacial score (nSPS) is 22.4. The van der Waals surface area contributed by atoms with Crippen LogP contribution < -0.4 is 15.0 Å². The standard InChI is InChI=1S/C22H29N3O4/c1-27-15-21(26)23-17-6-8-18(9-7-17)29-22-19-5-3-2-4-16(19)14-20(24-22)25-10-12-28-13-11-25/h2-5,14,17-18H,6-13,15H2,1H3,(H,23,26). The number of fused-ring (bicyclic) bond motifs is 1. The summed E-state index contributed by atoms with van der Waals surface area (Å²) in [6.45, 7) is 3.25. The summed E-state index contributed by atoms with van der Waals surface area (Å²) in [5.74, 6) is 1.60. The molecule has 1 aliphatic carbocycles. The fourth-order valence-electron chi connectivity index (χ4n) is 4.08. The number of hydrogen-bond acceptors (Lipinski definition) is 6. The van der Waals surface area contributed by atoms with Gasteiger partial charge in [0.05, 0.1) is 13.2 Å².